The monoisotopic (exact) mass is 349 g/mol. The zero-order valence-electron chi connectivity index (χ0n) is 11.6. The Morgan fingerprint density at radius 1 is 1.24 bits per heavy atom. The molecule has 5 heteroatoms. The minimum absolute atomic E-state index is 0.112. The number of benzene rings is 2. The highest BCUT2D eigenvalue weighted by Gasteiger charge is 2.10. The Hall–Kier alpha value is -1.85. The maximum absolute atomic E-state index is 11.9. The Labute approximate surface area is 131 Å². The van der Waals surface area contributed by atoms with Crippen LogP contribution in [0.1, 0.15) is 11.1 Å². The molecule has 0 fully saturated rings. The average Bonchev–Trinajstić information content (AvgIpc) is 2.48. The number of carbonyl (C=O) groups excluding carboxylic acids is 1. The summed E-state index contributed by atoms with van der Waals surface area (Å²) in [5, 5.41) is 12.1. The van der Waals surface area contributed by atoms with Gasteiger partial charge in [-0.1, -0.05) is 30.3 Å². The van der Waals surface area contributed by atoms with Crippen LogP contribution in [-0.4, -0.2) is 17.6 Å². The second-order valence-corrected chi connectivity index (χ2v) is 5.39. The van der Waals surface area contributed by atoms with Gasteiger partial charge in [-0.3, -0.25) is 4.79 Å². The van der Waals surface area contributed by atoms with E-state index in [0.29, 0.717) is 17.0 Å². The number of nitrogens with one attached hydrogen (secondary N) is 1. The number of para-hydroxylation sites is 2. The minimum atomic E-state index is -0.256. The average molecular weight is 350 g/mol. The van der Waals surface area contributed by atoms with Gasteiger partial charge in [0.1, 0.15) is 5.75 Å². The first-order valence-corrected chi connectivity index (χ1v) is 7.27. The number of aryl methyl sites for hydroxylation is 1. The number of hydrogen-bond donors (Lipinski definition) is 2. The third-order valence-corrected chi connectivity index (χ3v) is 3.65. The lowest BCUT2D eigenvalue weighted by atomic mass is 10.1. The van der Waals surface area contributed by atoms with E-state index in [-0.39, 0.29) is 19.1 Å². The van der Waals surface area contributed by atoms with Crippen molar-refractivity contribution in [1.29, 1.82) is 0 Å². The fraction of sp³-hybridized carbons (Fsp3) is 0.188. The minimum Gasteiger partial charge on any atom is -0.483 e. The van der Waals surface area contributed by atoms with Crippen LogP contribution in [0.5, 0.6) is 5.75 Å². The van der Waals surface area contributed by atoms with Gasteiger partial charge in [0.2, 0.25) is 0 Å². The highest BCUT2D eigenvalue weighted by molar-refractivity contribution is 9.10. The number of rotatable bonds is 5. The van der Waals surface area contributed by atoms with Gasteiger partial charge in [-0.15, -0.1) is 0 Å². The lowest BCUT2D eigenvalue weighted by molar-refractivity contribution is -0.118. The first-order chi connectivity index (χ1) is 10.1. The highest BCUT2D eigenvalue weighted by Crippen LogP contribution is 2.24. The summed E-state index contributed by atoms with van der Waals surface area (Å²) in [7, 11) is 0. The smallest absolute Gasteiger partial charge is 0.262 e. The van der Waals surface area contributed by atoms with Crippen molar-refractivity contribution in [2.24, 2.45) is 0 Å². The van der Waals surface area contributed by atoms with Crippen LogP contribution >= 0.6 is 15.9 Å². The highest BCUT2D eigenvalue weighted by atomic mass is 79.9. The van der Waals surface area contributed by atoms with Gasteiger partial charge < -0.3 is 15.2 Å². The summed E-state index contributed by atoms with van der Waals surface area (Å²) in [6.07, 6.45) is 0. The van der Waals surface area contributed by atoms with Crippen molar-refractivity contribution in [2.45, 2.75) is 13.5 Å². The fourth-order valence-corrected chi connectivity index (χ4v) is 2.31. The van der Waals surface area contributed by atoms with Crippen LogP contribution in [0.25, 0.3) is 0 Å². The van der Waals surface area contributed by atoms with Gasteiger partial charge in [0.05, 0.1) is 12.3 Å². The van der Waals surface area contributed by atoms with Crippen LogP contribution in [0.3, 0.4) is 0 Å². The number of ether oxygens (including phenoxy) is 1. The van der Waals surface area contributed by atoms with E-state index in [2.05, 4.69) is 21.2 Å². The van der Waals surface area contributed by atoms with Crippen molar-refractivity contribution in [3.05, 3.63) is 58.1 Å². The van der Waals surface area contributed by atoms with Crippen molar-refractivity contribution in [2.75, 3.05) is 11.9 Å². The first kappa shape index (κ1) is 15.5. The molecule has 110 valence electrons. The molecule has 0 bridgehead atoms. The Morgan fingerprint density at radius 3 is 2.71 bits per heavy atom. The zero-order chi connectivity index (χ0) is 15.2. The van der Waals surface area contributed by atoms with E-state index < -0.39 is 0 Å². The normalized spacial score (nSPS) is 10.2. The van der Waals surface area contributed by atoms with Gasteiger partial charge in [-0.2, -0.15) is 0 Å². The van der Waals surface area contributed by atoms with Crippen molar-refractivity contribution in [3.8, 4) is 5.75 Å². The molecule has 2 rings (SSSR count). The third kappa shape index (κ3) is 4.06. The molecule has 2 aromatic carbocycles. The maximum Gasteiger partial charge on any atom is 0.262 e. The summed E-state index contributed by atoms with van der Waals surface area (Å²) in [6, 6.07) is 12.9. The first-order valence-electron chi connectivity index (χ1n) is 6.48. The Kier molecular flexibility index (Phi) is 5.36. The molecular formula is C16H16BrNO3. The van der Waals surface area contributed by atoms with E-state index in [1.807, 2.05) is 37.3 Å². The van der Waals surface area contributed by atoms with Crippen LogP contribution in [0.2, 0.25) is 0 Å². The molecule has 0 radical (unpaired) electrons. The Morgan fingerprint density at radius 2 is 2.00 bits per heavy atom. The van der Waals surface area contributed by atoms with Gasteiger partial charge in [0, 0.05) is 10.0 Å². The van der Waals surface area contributed by atoms with Crippen LogP contribution in [-0.2, 0) is 11.4 Å². The number of aliphatic hydroxyl groups is 1. The molecule has 0 atom stereocenters. The lowest BCUT2D eigenvalue weighted by Crippen LogP contribution is -2.21. The van der Waals surface area contributed by atoms with Gasteiger partial charge in [0.25, 0.3) is 5.91 Å². The molecule has 21 heavy (non-hydrogen) atoms. The molecule has 0 aliphatic rings. The van der Waals surface area contributed by atoms with Gasteiger partial charge in [-0.25, -0.2) is 0 Å². The van der Waals surface area contributed by atoms with E-state index in [0.717, 1.165) is 10.0 Å². The number of hydrogen-bond acceptors (Lipinski definition) is 3. The largest absolute Gasteiger partial charge is 0.483 e. The molecule has 0 aliphatic carbocycles. The maximum atomic E-state index is 11.9. The van der Waals surface area contributed by atoms with Gasteiger partial charge in [0.15, 0.2) is 6.61 Å². The molecule has 1 amide bonds. The van der Waals surface area contributed by atoms with Crippen LogP contribution in [0.4, 0.5) is 5.69 Å². The van der Waals surface area contributed by atoms with Crippen molar-refractivity contribution in [1.82, 2.24) is 0 Å². The van der Waals surface area contributed by atoms with Gasteiger partial charge in [-0.05, 0) is 40.5 Å². The van der Waals surface area contributed by atoms with Crippen LogP contribution in [0.15, 0.2) is 46.9 Å². The SMILES string of the molecule is Cc1cccc(CO)c1OCC(=O)Nc1ccccc1Br. The molecule has 0 saturated carbocycles. The van der Waals surface area contributed by atoms with E-state index in [1.54, 1.807) is 12.1 Å². The Bertz CT molecular complexity index is 643. The molecule has 2 N–H and O–H groups in total. The van der Waals surface area contributed by atoms with E-state index in [4.69, 9.17) is 4.74 Å². The predicted octanol–water partition coefficient (Wildman–Crippen LogP) is 3.27. The fourth-order valence-electron chi connectivity index (χ4n) is 1.93. The molecule has 0 heterocycles. The molecular weight excluding hydrogens is 334 g/mol. The molecule has 0 unspecified atom stereocenters. The summed E-state index contributed by atoms with van der Waals surface area (Å²) in [6.45, 7) is 1.64. The Balaban J connectivity index is 2.01. The topological polar surface area (TPSA) is 58.6 Å². The summed E-state index contributed by atoms with van der Waals surface area (Å²) in [5.41, 5.74) is 2.25. The summed E-state index contributed by atoms with van der Waals surface area (Å²) in [4.78, 5) is 11.9. The van der Waals surface area contributed by atoms with Crippen molar-refractivity contribution in [3.63, 3.8) is 0 Å². The molecule has 0 aromatic heterocycles. The molecule has 0 aliphatic heterocycles. The predicted molar refractivity (Wildman–Crippen MR) is 85.4 cm³/mol. The number of anilines is 1. The second kappa shape index (κ2) is 7.24. The van der Waals surface area contributed by atoms with E-state index in [1.165, 1.54) is 0 Å². The number of amides is 1. The quantitative estimate of drug-likeness (QED) is 0.870. The molecule has 2 aromatic rings. The second-order valence-electron chi connectivity index (χ2n) is 4.54. The van der Waals surface area contributed by atoms with Crippen LogP contribution < -0.4 is 10.1 Å². The molecule has 0 spiro atoms. The number of aliphatic hydroxyl groups excluding tert-OH is 1. The van der Waals surface area contributed by atoms with Crippen molar-refractivity contribution >= 4 is 27.5 Å². The lowest BCUT2D eigenvalue weighted by Gasteiger charge is -2.13. The molecule has 4 nitrogen and oxygen atoms in total. The number of halogens is 1. The summed E-state index contributed by atoms with van der Waals surface area (Å²) >= 11 is 3.37. The standard InChI is InChI=1S/C16H16BrNO3/c1-11-5-4-6-12(9-19)16(11)21-10-15(20)18-14-8-3-2-7-13(14)17/h2-8,19H,9-10H2,1H3,(H,18,20). The van der Waals surface area contributed by atoms with Crippen molar-refractivity contribution < 1.29 is 14.6 Å². The van der Waals surface area contributed by atoms with Gasteiger partial charge >= 0.3 is 0 Å². The van der Waals surface area contributed by atoms with E-state index in [9.17, 15) is 9.90 Å². The third-order valence-electron chi connectivity index (χ3n) is 2.96. The molecule has 0 saturated heterocycles. The zero-order valence-corrected chi connectivity index (χ0v) is 13.2. The van der Waals surface area contributed by atoms with E-state index >= 15 is 0 Å². The summed E-state index contributed by atoms with van der Waals surface area (Å²) in [5.74, 6) is 0.302. The summed E-state index contributed by atoms with van der Waals surface area (Å²) < 4.78 is 6.36. The number of carbonyl (C=O) groups is 1. The van der Waals surface area contributed by atoms with Crippen LogP contribution in [0, 0.1) is 6.92 Å².